The van der Waals surface area contributed by atoms with Crippen LogP contribution in [0.3, 0.4) is 0 Å². The van der Waals surface area contributed by atoms with Gasteiger partial charge in [0, 0.05) is 23.7 Å². The summed E-state index contributed by atoms with van der Waals surface area (Å²) < 4.78 is 13.4. The molecule has 0 bridgehead atoms. The summed E-state index contributed by atoms with van der Waals surface area (Å²) in [6.45, 7) is 6.89. The minimum absolute atomic E-state index is 0.132. The molecule has 0 saturated carbocycles. The van der Waals surface area contributed by atoms with Crippen LogP contribution in [0.25, 0.3) is 0 Å². The predicted octanol–water partition coefficient (Wildman–Crippen LogP) is 2.83. The van der Waals surface area contributed by atoms with Gasteiger partial charge in [0.2, 0.25) is 0 Å². The molecular formula is C14H23FN2S. The molecule has 2 N–H and O–H groups in total. The topological polar surface area (TPSA) is 29.3 Å². The van der Waals surface area contributed by atoms with Crippen LogP contribution in [0.4, 0.5) is 4.39 Å². The minimum atomic E-state index is -0.132. The normalized spacial score (nSPS) is 12.1. The lowest BCUT2D eigenvalue weighted by atomic mass is 9.93. The zero-order valence-corrected chi connectivity index (χ0v) is 12.3. The second kappa shape index (κ2) is 7.12. The van der Waals surface area contributed by atoms with Crippen molar-refractivity contribution in [2.75, 3.05) is 32.4 Å². The Morgan fingerprint density at radius 3 is 2.61 bits per heavy atom. The van der Waals surface area contributed by atoms with E-state index in [2.05, 4.69) is 25.8 Å². The fraction of sp³-hybridized carbons (Fsp3) is 0.571. The van der Waals surface area contributed by atoms with Crippen molar-refractivity contribution in [1.82, 2.24) is 4.90 Å². The van der Waals surface area contributed by atoms with Crippen molar-refractivity contribution in [2.24, 2.45) is 11.1 Å². The van der Waals surface area contributed by atoms with Gasteiger partial charge in [-0.3, -0.25) is 0 Å². The third kappa shape index (κ3) is 5.38. The maximum atomic E-state index is 13.4. The molecule has 0 atom stereocenters. The molecule has 0 fully saturated rings. The number of halogens is 1. The molecule has 0 aliphatic heterocycles. The predicted molar refractivity (Wildman–Crippen MR) is 77.5 cm³/mol. The Bertz CT molecular complexity index is 369. The van der Waals surface area contributed by atoms with Crippen LogP contribution in [0.1, 0.15) is 13.8 Å². The molecule has 0 saturated heterocycles. The fourth-order valence-electron chi connectivity index (χ4n) is 1.75. The van der Waals surface area contributed by atoms with E-state index in [1.165, 1.54) is 6.07 Å². The van der Waals surface area contributed by atoms with Crippen LogP contribution in [-0.4, -0.2) is 37.3 Å². The van der Waals surface area contributed by atoms with Gasteiger partial charge in [0.05, 0.1) is 0 Å². The van der Waals surface area contributed by atoms with Crippen molar-refractivity contribution >= 4 is 11.8 Å². The molecule has 18 heavy (non-hydrogen) atoms. The lowest BCUT2D eigenvalue weighted by Crippen LogP contribution is -2.37. The molecule has 4 heteroatoms. The first-order chi connectivity index (χ1) is 8.44. The van der Waals surface area contributed by atoms with Gasteiger partial charge in [-0.25, -0.2) is 4.39 Å². The lowest BCUT2D eigenvalue weighted by Gasteiger charge is -2.28. The van der Waals surface area contributed by atoms with Crippen LogP contribution in [0.5, 0.6) is 0 Å². The van der Waals surface area contributed by atoms with Crippen molar-refractivity contribution in [3.8, 4) is 0 Å². The summed E-state index contributed by atoms with van der Waals surface area (Å²) in [5.41, 5.74) is 5.85. The molecule has 0 radical (unpaired) electrons. The summed E-state index contributed by atoms with van der Waals surface area (Å²) in [6, 6.07) is 6.91. The minimum Gasteiger partial charge on any atom is -0.330 e. The smallest absolute Gasteiger partial charge is 0.136 e. The van der Waals surface area contributed by atoms with Gasteiger partial charge in [-0.15, -0.1) is 11.8 Å². The summed E-state index contributed by atoms with van der Waals surface area (Å²) in [6.07, 6.45) is 0. The lowest BCUT2D eigenvalue weighted by molar-refractivity contribution is 0.225. The maximum absolute atomic E-state index is 13.4. The summed E-state index contributed by atoms with van der Waals surface area (Å²) in [5.74, 6) is 0.755. The molecular weight excluding hydrogens is 247 g/mol. The van der Waals surface area contributed by atoms with Crippen LogP contribution < -0.4 is 5.73 Å². The Morgan fingerprint density at radius 1 is 1.33 bits per heavy atom. The number of hydrogen-bond donors (Lipinski definition) is 1. The number of benzene rings is 1. The van der Waals surface area contributed by atoms with Gasteiger partial charge in [-0.05, 0) is 31.1 Å². The highest BCUT2D eigenvalue weighted by molar-refractivity contribution is 7.99. The summed E-state index contributed by atoms with van der Waals surface area (Å²) in [7, 11) is 2.08. The van der Waals surface area contributed by atoms with Crippen molar-refractivity contribution in [3.63, 3.8) is 0 Å². The Balaban J connectivity index is 2.32. The Morgan fingerprint density at radius 2 is 2.00 bits per heavy atom. The average molecular weight is 270 g/mol. The van der Waals surface area contributed by atoms with Gasteiger partial charge in [0.15, 0.2) is 0 Å². The van der Waals surface area contributed by atoms with Crippen molar-refractivity contribution in [3.05, 3.63) is 30.1 Å². The molecule has 0 amide bonds. The second-order valence-corrected chi connectivity index (χ2v) is 6.52. The van der Waals surface area contributed by atoms with E-state index in [0.717, 1.165) is 23.7 Å². The third-order valence-electron chi connectivity index (χ3n) is 2.82. The highest BCUT2D eigenvalue weighted by Crippen LogP contribution is 2.21. The van der Waals surface area contributed by atoms with E-state index in [9.17, 15) is 4.39 Å². The molecule has 0 aliphatic rings. The average Bonchev–Trinajstić information content (AvgIpc) is 2.31. The van der Waals surface area contributed by atoms with E-state index < -0.39 is 0 Å². The molecule has 0 spiro atoms. The Hall–Kier alpha value is -0.580. The molecule has 0 heterocycles. The van der Waals surface area contributed by atoms with E-state index in [-0.39, 0.29) is 11.2 Å². The highest BCUT2D eigenvalue weighted by Gasteiger charge is 2.17. The first kappa shape index (κ1) is 15.5. The number of nitrogens with two attached hydrogens (primary N) is 1. The van der Waals surface area contributed by atoms with Gasteiger partial charge in [0.25, 0.3) is 0 Å². The molecule has 0 aromatic heterocycles. The van der Waals surface area contributed by atoms with Crippen LogP contribution in [0.15, 0.2) is 29.2 Å². The van der Waals surface area contributed by atoms with Crippen LogP contribution >= 0.6 is 11.8 Å². The highest BCUT2D eigenvalue weighted by atomic mass is 32.2. The summed E-state index contributed by atoms with van der Waals surface area (Å²) in [4.78, 5) is 2.98. The standard InChI is InChI=1S/C14H23FN2S/c1-14(2,10-16)11-17(3)8-9-18-13-7-5-4-6-12(13)15/h4-7H,8-11,16H2,1-3H3. The zero-order chi connectivity index (χ0) is 13.6. The molecule has 0 unspecified atom stereocenters. The molecule has 102 valence electrons. The van der Waals surface area contributed by atoms with Crippen LogP contribution in [-0.2, 0) is 0 Å². The second-order valence-electron chi connectivity index (χ2n) is 5.39. The first-order valence-corrected chi connectivity index (χ1v) is 7.19. The van der Waals surface area contributed by atoms with Gasteiger partial charge in [-0.1, -0.05) is 26.0 Å². The van der Waals surface area contributed by atoms with Gasteiger partial charge in [0.1, 0.15) is 5.82 Å². The van der Waals surface area contributed by atoms with Gasteiger partial charge < -0.3 is 10.6 Å². The van der Waals surface area contributed by atoms with Gasteiger partial charge >= 0.3 is 0 Å². The number of rotatable bonds is 7. The summed E-state index contributed by atoms with van der Waals surface area (Å²) in [5, 5.41) is 0. The maximum Gasteiger partial charge on any atom is 0.136 e. The summed E-state index contributed by atoms with van der Waals surface area (Å²) >= 11 is 1.56. The fourth-order valence-corrected chi connectivity index (χ4v) is 2.75. The zero-order valence-electron chi connectivity index (χ0n) is 11.4. The van der Waals surface area contributed by atoms with E-state index in [4.69, 9.17) is 5.73 Å². The number of nitrogens with zero attached hydrogens (tertiary/aromatic N) is 1. The van der Waals surface area contributed by atoms with Crippen molar-refractivity contribution < 1.29 is 4.39 Å². The molecule has 0 aliphatic carbocycles. The third-order valence-corrected chi connectivity index (χ3v) is 3.85. The Labute approximate surface area is 114 Å². The van der Waals surface area contributed by atoms with Crippen LogP contribution in [0.2, 0.25) is 0 Å². The molecule has 1 rings (SSSR count). The van der Waals surface area contributed by atoms with Crippen molar-refractivity contribution in [2.45, 2.75) is 18.7 Å². The van der Waals surface area contributed by atoms with E-state index >= 15 is 0 Å². The van der Waals surface area contributed by atoms with E-state index in [0.29, 0.717) is 6.54 Å². The van der Waals surface area contributed by atoms with E-state index in [1.54, 1.807) is 17.8 Å². The molecule has 1 aromatic rings. The Kier molecular flexibility index (Phi) is 6.12. The molecule has 1 aromatic carbocycles. The number of thioether (sulfide) groups is 1. The quantitative estimate of drug-likeness (QED) is 0.773. The van der Waals surface area contributed by atoms with Crippen LogP contribution in [0, 0.1) is 11.2 Å². The SMILES string of the molecule is CN(CCSc1ccccc1F)CC(C)(C)CN. The first-order valence-electron chi connectivity index (χ1n) is 6.20. The van der Waals surface area contributed by atoms with Gasteiger partial charge in [-0.2, -0.15) is 0 Å². The largest absolute Gasteiger partial charge is 0.330 e. The van der Waals surface area contributed by atoms with Crippen molar-refractivity contribution in [1.29, 1.82) is 0 Å². The molecule has 2 nitrogen and oxygen atoms in total. The van der Waals surface area contributed by atoms with E-state index in [1.807, 2.05) is 12.1 Å². The number of hydrogen-bond acceptors (Lipinski definition) is 3. The monoisotopic (exact) mass is 270 g/mol.